The van der Waals surface area contributed by atoms with Crippen LogP contribution < -0.4 is 10.6 Å². The van der Waals surface area contributed by atoms with Gasteiger partial charge in [0, 0.05) is 19.3 Å². The zero-order valence-electron chi connectivity index (χ0n) is 9.72. The molecule has 1 aliphatic heterocycles. The summed E-state index contributed by atoms with van der Waals surface area (Å²) in [4.78, 5) is 13.9. The highest BCUT2D eigenvalue weighted by Crippen LogP contribution is 2.00. The Bertz CT molecular complexity index is 348. The summed E-state index contributed by atoms with van der Waals surface area (Å²) in [6.07, 6.45) is 2.66. The first-order valence-corrected chi connectivity index (χ1v) is 5.85. The summed E-state index contributed by atoms with van der Waals surface area (Å²) in [5.74, 6) is 0.470. The van der Waals surface area contributed by atoms with Gasteiger partial charge in [0.2, 0.25) is 5.91 Å². The largest absolute Gasteiger partial charge is 0.315 e. The molecule has 0 radical (unpaired) electrons. The van der Waals surface area contributed by atoms with Crippen LogP contribution in [0.25, 0.3) is 0 Å². The molecule has 0 aliphatic carbocycles. The molecule has 1 aliphatic rings. The quantitative estimate of drug-likeness (QED) is 0.753. The van der Waals surface area contributed by atoms with Crippen molar-refractivity contribution in [3.63, 3.8) is 0 Å². The zero-order valence-corrected chi connectivity index (χ0v) is 9.72. The summed E-state index contributed by atoms with van der Waals surface area (Å²) in [5.41, 5.74) is 0. The molecule has 92 valence electrons. The van der Waals surface area contributed by atoms with Crippen molar-refractivity contribution in [2.24, 2.45) is 0 Å². The van der Waals surface area contributed by atoms with E-state index in [2.05, 4.69) is 25.7 Å². The minimum Gasteiger partial charge on any atom is -0.315 e. The van der Waals surface area contributed by atoms with Crippen LogP contribution in [0.2, 0.25) is 0 Å². The molecule has 1 amide bonds. The number of carbonyl (C=O) groups is 1. The third-order valence-corrected chi connectivity index (χ3v) is 2.64. The van der Waals surface area contributed by atoms with Gasteiger partial charge in [0.25, 0.3) is 0 Å². The first-order valence-electron chi connectivity index (χ1n) is 5.85. The van der Waals surface area contributed by atoms with Gasteiger partial charge in [0.15, 0.2) is 5.82 Å². The summed E-state index contributed by atoms with van der Waals surface area (Å²) < 4.78 is 0. The van der Waals surface area contributed by atoms with E-state index in [-0.39, 0.29) is 5.91 Å². The first-order chi connectivity index (χ1) is 8.34. The van der Waals surface area contributed by atoms with Crippen LogP contribution in [0, 0.1) is 0 Å². The average Bonchev–Trinajstić information content (AvgIpc) is 2.59. The van der Waals surface area contributed by atoms with E-state index in [9.17, 15) is 4.79 Å². The molecule has 6 nitrogen and oxygen atoms in total. The standard InChI is InChI=1S/C11H17N5O/c17-11(14-10-3-1-5-13-15-10)9-16-7-2-4-12-6-8-16/h1,3,5,12H,2,4,6-9H2,(H,14,15,17). The van der Waals surface area contributed by atoms with Gasteiger partial charge in [0.1, 0.15) is 0 Å². The monoisotopic (exact) mass is 235 g/mol. The van der Waals surface area contributed by atoms with Gasteiger partial charge in [-0.2, -0.15) is 5.10 Å². The number of nitrogens with zero attached hydrogens (tertiary/aromatic N) is 3. The molecular formula is C11H17N5O. The second-order valence-corrected chi connectivity index (χ2v) is 4.04. The molecule has 0 unspecified atom stereocenters. The Kier molecular flexibility index (Phi) is 4.40. The van der Waals surface area contributed by atoms with Gasteiger partial charge in [-0.05, 0) is 31.6 Å². The minimum atomic E-state index is -0.0348. The third-order valence-electron chi connectivity index (χ3n) is 2.64. The van der Waals surface area contributed by atoms with Crippen molar-refractivity contribution in [2.45, 2.75) is 6.42 Å². The fraction of sp³-hybridized carbons (Fsp3) is 0.545. The maximum Gasteiger partial charge on any atom is 0.239 e. The molecule has 0 atom stereocenters. The van der Waals surface area contributed by atoms with Gasteiger partial charge in [-0.25, -0.2) is 0 Å². The minimum absolute atomic E-state index is 0.0348. The van der Waals surface area contributed by atoms with Crippen molar-refractivity contribution >= 4 is 11.7 Å². The van der Waals surface area contributed by atoms with Crippen LogP contribution in [-0.4, -0.2) is 53.7 Å². The smallest absolute Gasteiger partial charge is 0.239 e. The molecule has 2 N–H and O–H groups in total. The van der Waals surface area contributed by atoms with Crippen LogP contribution in [0.4, 0.5) is 5.82 Å². The van der Waals surface area contributed by atoms with Crippen molar-refractivity contribution in [1.82, 2.24) is 20.4 Å². The van der Waals surface area contributed by atoms with Gasteiger partial charge in [-0.15, -0.1) is 5.10 Å². The fourth-order valence-electron chi connectivity index (χ4n) is 1.81. The van der Waals surface area contributed by atoms with Crippen molar-refractivity contribution in [1.29, 1.82) is 0 Å². The highest BCUT2D eigenvalue weighted by molar-refractivity contribution is 5.91. The summed E-state index contributed by atoms with van der Waals surface area (Å²) in [7, 11) is 0. The number of carbonyl (C=O) groups excluding carboxylic acids is 1. The third kappa shape index (κ3) is 4.08. The van der Waals surface area contributed by atoms with E-state index in [4.69, 9.17) is 0 Å². The Morgan fingerprint density at radius 2 is 2.41 bits per heavy atom. The Labute approximate surface area is 100 Å². The zero-order chi connectivity index (χ0) is 11.9. The van der Waals surface area contributed by atoms with E-state index in [1.54, 1.807) is 18.3 Å². The van der Waals surface area contributed by atoms with Crippen molar-refractivity contribution < 1.29 is 4.79 Å². The molecule has 6 heteroatoms. The second-order valence-electron chi connectivity index (χ2n) is 4.04. The topological polar surface area (TPSA) is 70.2 Å². The Hall–Kier alpha value is -1.53. The number of hydrogen-bond acceptors (Lipinski definition) is 5. The van der Waals surface area contributed by atoms with Crippen molar-refractivity contribution in [2.75, 3.05) is 38.0 Å². The Morgan fingerprint density at radius 1 is 1.47 bits per heavy atom. The predicted octanol–water partition coefficient (Wildman–Crippen LogP) is -0.290. The van der Waals surface area contributed by atoms with Gasteiger partial charge in [-0.1, -0.05) is 0 Å². The van der Waals surface area contributed by atoms with Gasteiger partial charge < -0.3 is 10.6 Å². The lowest BCUT2D eigenvalue weighted by Gasteiger charge is -2.18. The maximum atomic E-state index is 11.8. The molecule has 1 aromatic rings. The number of hydrogen-bond donors (Lipinski definition) is 2. The van der Waals surface area contributed by atoms with Gasteiger partial charge in [0.05, 0.1) is 6.54 Å². The fourth-order valence-corrected chi connectivity index (χ4v) is 1.81. The normalized spacial score (nSPS) is 17.4. The summed E-state index contributed by atoms with van der Waals surface area (Å²) >= 11 is 0. The van der Waals surface area contributed by atoms with E-state index in [0.29, 0.717) is 12.4 Å². The number of rotatable bonds is 3. The molecule has 2 rings (SSSR count). The van der Waals surface area contributed by atoms with Gasteiger partial charge >= 0.3 is 0 Å². The number of amides is 1. The van der Waals surface area contributed by atoms with Crippen LogP contribution in [0.1, 0.15) is 6.42 Å². The predicted molar refractivity (Wildman–Crippen MR) is 64.6 cm³/mol. The molecule has 1 aromatic heterocycles. The molecule has 0 bridgehead atoms. The lowest BCUT2D eigenvalue weighted by molar-refractivity contribution is -0.117. The van der Waals surface area contributed by atoms with Crippen LogP contribution in [0.5, 0.6) is 0 Å². The highest BCUT2D eigenvalue weighted by Gasteiger charge is 2.12. The number of anilines is 1. The summed E-state index contributed by atoms with van der Waals surface area (Å²) in [5, 5.41) is 13.6. The summed E-state index contributed by atoms with van der Waals surface area (Å²) in [6, 6.07) is 3.48. The molecule has 0 spiro atoms. The Morgan fingerprint density at radius 3 is 3.24 bits per heavy atom. The van der Waals surface area contributed by atoms with E-state index in [1.807, 2.05) is 0 Å². The van der Waals surface area contributed by atoms with E-state index in [1.165, 1.54) is 0 Å². The van der Waals surface area contributed by atoms with E-state index in [0.717, 1.165) is 32.6 Å². The summed E-state index contributed by atoms with van der Waals surface area (Å²) in [6.45, 7) is 4.26. The number of nitrogens with one attached hydrogen (secondary N) is 2. The lowest BCUT2D eigenvalue weighted by Crippen LogP contribution is -2.35. The van der Waals surface area contributed by atoms with E-state index >= 15 is 0 Å². The van der Waals surface area contributed by atoms with Crippen LogP contribution in [-0.2, 0) is 4.79 Å². The van der Waals surface area contributed by atoms with Crippen molar-refractivity contribution in [3.8, 4) is 0 Å². The molecule has 17 heavy (non-hydrogen) atoms. The maximum absolute atomic E-state index is 11.8. The van der Waals surface area contributed by atoms with Gasteiger partial charge in [-0.3, -0.25) is 9.69 Å². The lowest BCUT2D eigenvalue weighted by atomic mass is 10.4. The number of aromatic nitrogens is 2. The van der Waals surface area contributed by atoms with Crippen LogP contribution >= 0.6 is 0 Å². The molecule has 2 heterocycles. The molecular weight excluding hydrogens is 218 g/mol. The first kappa shape index (κ1) is 11.9. The molecule has 1 fully saturated rings. The van der Waals surface area contributed by atoms with E-state index < -0.39 is 0 Å². The Balaban J connectivity index is 1.80. The average molecular weight is 235 g/mol. The molecule has 1 saturated heterocycles. The van der Waals surface area contributed by atoms with Crippen LogP contribution in [0.15, 0.2) is 18.3 Å². The second kappa shape index (κ2) is 6.27. The van der Waals surface area contributed by atoms with Crippen molar-refractivity contribution in [3.05, 3.63) is 18.3 Å². The molecule has 0 aromatic carbocycles. The highest BCUT2D eigenvalue weighted by atomic mass is 16.2. The SMILES string of the molecule is O=C(CN1CCCNCC1)Nc1cccnn1. The van der Waals surface area contributed by atoms with Crippen LogP contribution in [0.3, 0.4) is 0 Å². The molecule has 0 saturated carbocycles.